The van der Waals surface area contributed by atoms with Gasteiger partial charge < -0.3 is 9.84 Å². The Bertz CT molecular complexity index is 293. The minimum atomic E-state index is -0.0695. The molecule has 0 spiro atoms. The molecule has 0 unspecified atom stereocenters. The number of methoxy groups -OCH3 is 1. The molecule has 0 bridgehead atoms. The van der Waals surface area contributed by atoms with E-state index in [1.807, 2.05) is 26.0 Å². The van der Waals surface area contributed by atoms with E-state index < -0.39 is 0 Å². The predicted octanol–water partition coefficient (Wildman–Crippen LogP) is 2.70. The van der Waals surface area contributed by atoms with Crippen LogP contribution in [0, 0.1) is 0 Å². The quantitative estimate of drug-likeness (QED) is 0.837. The van der Waals surface area contributed by atoms with Crippen LogP contribution in [0.1, 0.15) is 19.4 Å². The van der Waals surface area contributed by atoms with Crippen LogP contribution in [0.15, 0.2) is 24.3 Å². The maximum atomic E-state index is 9.11. The van der Waals surface area contributed by atoms with Crippen LogP contribution in [0.5, 0.6) is 5.75 Å². The highest BCUT2D eigenvalue weighted by atomic mass is 32.2. The fourth-order valence-electron chi connectivity index (χ4n) is 1.05. The molecule has 0 atom stereocenters. The van der Waals surface area contributed by atoms with Gasteiger partial charge in [-0.2, -0.15) is 0 Å². The molecule has 1 rings (SSSR count). The molecule has 0 saturated carbocycles. The van der Waals surface area contributed by atoms with Gasteiger partial charge in [0.15, 0.2) is 0 Å². The zero-order valence-corrected chi connectivity index (χ0v) is 10.3. The summed E-state index contributed by atoms with van der Waals surface area (Å²) in [6, 6.07) is 8.03. The van der Waals surface area contributed by atoms with Crippen LogP contribution < -0.4 is 4.74 Å². The lowest BCUT2D eigenvalue weighted by molar-refractivity contribution is 0.265. The molecule has 0 aromatic heterocycles. The summed E-state index contributed by atoms with van der Waals surface area (Å²) in [5.41, 5.74) is 1.25. The topological polar surface area (TPSA) is 29.5 Å². The Morgan fingerprint density at radius 2 is 1.87 bits per heavy atom. The first-order valence-electron chi connectivity index (χ1n) is 4.95. The molecular formula is C12H18O2S. The van der Waals surface area contributed by atoms with E-state index in [1.165, 1.54) is 5.56 Å². The van der Waals surface area contributed by atoms with E-state index in [9.17, 15) is 0 Å². The van der Waals surface area contributed by atoms with E-state index in [-0.39, 0.29) is 11.4 Å². The van der Waals surface area contributed by atoms with Gasteiger partial charge in [0.2, 0.25) is 0 Å². The Labute approximate surface area is 95.7 Å². The SMILES string of the molecule is COc1ccc(CSC(C)(C)CO)cc1. The van der Waals surface area contributed by atoms with Gasteiger partial charge in [-0.05, 0) is 31.5 Å². The number of rotatable bonds is 5. The minimum absolute atomic E-state index is 0.0695. The van der Waals surface area contributed by atoms with Crippen molar-refractivity contribution in [2.45, 2.75) is 24.3 Å². The first kappa shape index (κ1) is 12.4. The van der Waals surface area contributed by atoms with Crippen molar-refractivity contribution in [3.63, 3.8) is 0 Å². The second-order valence-corrected chi connectivity index (χ2v) is 5.74. The molecule has 84 valence electrons. The van der Waals surface area contributed by atoms with Gasteiger partial charge in [0.1, 0.15) is 5.75 Å². The van der Waals surface area contributed by atoms with Gasteiger partial charge in [0.05, 0.1) is 13.7 Å². The molecule has 0 aliphatic heterocycles. The lowest BCUT2D eigenvalue weighted by atomic mass is 10.2. The summed E-state index contributed by atoms with van der Waals surface area (Å²) in [5.74, 6) is 1.79. The summed E-state index contributed by atoms with van der Waals surface area (Å²) < 4.78 is 5.02. The number of ether oxygens (including phenoxy) is 1. The van der Waals surface area contributed by atoms with Crippen LogP contribution >= 0.6 is 11.8 Å². The van der Waals surface area contributed by atoms with Gasteiger partial charge >= 0.3 is 0 Å². The molecule has 1 N–H and O–H groups in total. The lowest BCUT2D eigenvalue weighted by Gasteiger charge is -2.20. The maximum absolute atomic E-state index is 9.11. The number of aliphatic hydroxyl groups excluding tert-OH is 1. The molecule has 2 nitrogen and oxygen atoms in total. The number of hydrogen-bond acceptors (Lipinski definition) is 3. The largest absolute Gasteiger partial charge is 0.497 e. The van der Waals surface area contributed by atoms with Crippen molar-refractivity contribution in [3.8, 4) is 5.75 Å². The number of benzene rings is 1. The molecule has 0 radical (unpaired) electrons. The average Bonchev–Trinajstić information content (AvgIpc) is 2.27. The van der Waals surface area contributed by atoms with Gasteiger partial charge in [-0.3, -0.25) is 0 Å². The zero-order valence-electron chi connectivity index (χ0n) is 9.49. The summed E-state index contributed by atoms with van der Waals surface area (Å²) in [5, 5.41) is 9.11. The van der Waals surface area contributed by atoms with Crippen LogP contribution in [0.2, 0.25) is 0 Å². The molecule has 0 saturated heterocycles. The molecule has 0 fully saturated rings. The molecule has 1 aromatic carbocycles. The Morgan fingerprint density at radius 3 is 2.33 bits per heavy atom. The standard InChI is InChI=1S/C12H18O2S/c1-12(2,9-13)15-8-10-4-6-11(14-3)7-5-10/h4-7,13H,8-9H2,1-3H3. The highest BCUT2D eigenvalue weighted by Crippen LogP contribution is 2.27. The highest BCUT2D eigenvalue weighted by Gasteiger charge is 2.16. The first-order valence-corrected chi connectivity index (χ1v) is 5.94. The summed E-state index contributed by atoms with van der Waals surface area (Å²) in [6.07, 6.45) is 0. The van der Waals surface area contributed by atoms with Crippen molar-refractivity contribution in [1.82, 2.24) is 0 Å². The summed E-state index contributed by atoms with van der Waals surface area (Å²) >= 11 is 1.75. The van der Waals surface area contributed by atoms with Gasteiger partial charge in [0, 0.05) is 10.5 Å². The molecule has 0 heterocycles. The molecule has 1 aromatic rings. The van der Waals surface area contributed by atoms with Crippen molar-refractivity contribution >= 4 is 11.8 Å². The fourth-order valence-corrected chi connectivity index (χ4v) is 1.89. The molecule has 15 heavy (non-hydrogen) atoms. The van der Waals surface area contributed by atoms with Crippen LogP contribution in [0.4, 0.5) is 0 Å². The average molecular weight is 226 g/mol. The number of aliphatic hydroxyl groups is 1. The summed E-state index contributed by atoms with van der Waals surface area (Å²) in [7, 11) is 1.67. The third kappa shape index (κ3) is 4.14. The van der Waals surface area contributed by atoms with E-state index >= 15 is 0 Å². The highest BCUT2D eigenvalue weighted by molar-refractivity contribution is 7.99. The van der Waals surface area contributed by atoms with E-state index in [2.05, 4.69) is 12.1 Å². The molecular weight excluding hydrogens is 208 g/mol. The molecule has 0 aliphatic carbocycles. The lowest BCUT2D eigenvalue weighted by Crippen LogP contribution is -2.20. The predicted molar refractivity (Wildman–Crippen MR) is 65.5 cm³/mol. The van der Waals surface area contributed by atoms with Gasteiger partial charge in [-0.1, -0.05) is 12.1 Å². The number of thioether (sulfide) groups is 1. The van der Waals surface area contributed by atoms with E-state index in [1.54, 1.807) is 18.9 Å². The van der Waals surface area contributed by atoms with Gasteiger partial charge in [0.25, 0.3) is 0 Å². The van der Waals surface area contributed by atoms with Crippen molar-refractivity contribution in [3.05, 3.63) is 29.8 Å². The zero-order chi connectivity index (χ0) is 11.3. The molecule has 0 aliphatic rings. The normalized spacial score (nSPS) is 11.5. The van der Waals surface area contributed by atoms with Gasteiger partial charge in [-0.25, -0.2) is 0 Å². The van der Waals surface area contributed by atoms with Crippen molar-refractivity contribution in [2.24, 2.45) is 0 Å². The summed E-state index contributed by atoms with van der Waals surface area (Å²) in [6.45, 7) is 4.29. The van der Waals surface area contributed by atoms with Crippen LogP contribution in [-0.2, 0) is 5.75 Å². The third-order valence-electron chi connectivity index (χ3n) is 2.17. The summed E-state index contributed by atoms with van der Waals surface area (Å²) in [4.78, 5) is 0. The third-order valence-corrected chi connectivity index (χ3v) is 3.56. The first-order chi connectivity index (χ1) is 7.07. The van der Waals surface area contributed by atoms with Crippen LogP contribution in [-0.4, -0.2) is 23.6 Å². The van der Waals surface area contributed by atoms with Crippen molar-refractivity contribution in [2.75, 3.05) is 13.7 Å². The Balaban J connectivity index is 2.51. The second kappa shape index (κ2) is 5.42. The Hall–Kier alpha value is -0.670. The molecule has 3 heteroatoms. The Morgan fingerprint density at radius 1 is 1.27 bits per heavy atom. The van der Waals surface area contributed by atoms with Crippen LogP contribution in [0.3, 0.4) is 0 Å². The van der Waals surface area contributed by atoms with Crippen molar-refractivity contribution < 1.29 is 9.84 Å². The number of hydrogen-bond donors (Lipinski definition) is 1. The second-order valence-electron chi connectivity index (χ2n) is 4.05. The smallest absolute Gasteiger partial charge is 0.118 e. The minimum Gasteiger partial charge on any atom is -0.497 e. The van der Waals surface area contributed by atoms with E-state index in [0.717, 1.165) is 11.5 Å². The fraction of sp³-hybridized carbons (Fsp3) is 0.500. The van der Waals surface area contributed by atoms with Crippen LogP contribution in [0.25, 0.3) is 0 Å². The maximum Gasteiger partial charge on any atom is 0.118 e. The van der Waals surface area contributed by atoms with E-state index in [4.69, 9.17) is 9.84 Å². The van der Waals surface area contributed by atoms with Gasteiger partial charge in [-0.15, -0.1) is 11.8 Å². The van der Waals surface area contributed by atoms with E-state index in [0.29, 0.717) is 0 Å². The molecule has 0 amide bonds. The monoisotopic (exact) mass is 226 g/mol. The van der Waals surface area contributed by atoms with Crippen molar-refractivity contribution in [1.29, 1.82) is 0 Å². The Kier molecular flexibility index (Phi) is 4.48.